The number of hydrogen-bond acceptors (Lipinski definition) is 4. The summed E-state index contributed by atoms with van der Waals surface area (Å²) >= 11 is 0. The summed E-state index contributed by atoms with van der Waals surface area (Å²) in [6.45, 7) is 5.51. The van der Waals surface area contributed by atoms with Gasteiger partial charge in [0.1, 0.15) is 11.6 Å². The minimum absolute atomic E-state index is 0.620. The molecule has 2 aliphatic heterocycles. The standard InChI is InChI=1S/C14H21N3O/c1-3-11-6-12(18-2)7-14(16-11)17-5-4-10-8-15-9-13(10)17/h6-7,10,13,15H,3-5,8-9H2,1-2H3. The van der Waals surface area contributed by atoms with E-state index in [2.05, 4.69) is 23.2 Å². The fourth-order valence-corrected chi connectivity index (χ4v) is 3.12. The Bertz CT molecular complexity index is 413. The first-order valence-electron chi connectivity index (χ1n) is 6.84. The number of nitrogens with one attached hydrogen (secondary N) is 1. The predicted octanol–water partition coefficient (Wildman–Crippen LogP) is 1.45. The van der Waals surface area contributed by atoms with Crippen LogP contribution in [-0.4, -0.2) is 37.8 Å². The van der Waals surface area contributed by atoms with Crippen molar-refractivity contribution in [2.45, 2.75) is 25.8 Å². The van der Waals surface area contributed by atoms with Crippen molar-refractivity contribution in [2.24, 2.45) is 5.92 Å². The molecule has 4 nitrogen and oxygen atoms in total. The van der Waals surface area contributed by atoms with Gasteiger partial charge in [-0.05, 0) is 18.8 Å². The average molecular weight is 247 g/mol. The third kappa shape index (κ3) is 1.94. The zero-order valence-corrected chi connectivity index (χ0v) is 11.1. The molecule has 98 valence electrons. The van der Waals surface area contributed by atoms with Crippen LogP contribution in [0.15, 0.2) is 12.1 Å². The Morgan fingerprint density at radius 2 is 2.33 bits per heavy atom. The van der Waals surface area contributed by atoms with Crippen molar-refractivity contribution in [1.82, 2.24) is 10.3 Å². The number of hydrogen-bond donors (Lipinski definition) is 1. The van der Waals surface area contributed by atoms with Crippen LogP contribution in [-0.2, 0) is 6.42 Å². The number of aryl methyl sites for hydroxylation is 1. The molecule has 2 unspecified atom stereocenters. The van der Waals surface area contributed by atoms with E-state index in [1.54, 1.807) is 7.11 Å². The number of nitrogens with zero attached hydrogens (tertiary/aromatic N) is 2. The van der Waals surface area contributed by atoms with Crippen LogP contribution in [0.2, 0.25) is 0 Å². The summed E-state index contributed by atoms with van der Waals surface area (Å²) in [6.07, 6.45) is 2.22. The van der Waals surface area contributed by atoms with Gasteiger partial charge < -0.3 is 15.0 Å². The monoisotopic (exact) mass is 247 g/mol. The summed E-state index contributed by atoms with van der Waals surface area (Å²) in [6, 6.07) is 4.72. The molecule has 18 heavy (non-hydrogen) atoms. The maximum absolute atomic E-state index is 5.39. The second-order valence-corrected chi connectivity index (χ2v) is 5.18. The molecule has 3 rings (SSSR count). The smallest absolute Gasteiger partial charge is 0.132 e. The van der Waals surface area contributed by atoms with E-state index in [9.17, 15) is 0 Å². The normalized spacial score (nSPS) is 26.4. The van der Waals surface area contributed by atoms with Gasteiger partial charge in [0.25, 0.3) is 0 Å². The molecule has 3 heterocycles. The Morgan fingerprint density at radius 3 is 3.11 bits per heavy atom. The van der Waals surface area contributed by atoms with Crippen LogP contribution in [0.5, 0.6) is 5.75 Å². The first kappa shape index (κ1) is 11.8. The summed E-state index contributed by atoms with van der Waals surface area (Å²) in [7, 11) is 1.72. The molecule has 4 heteroatoms. The van der Waals surface area contributed by atoms with Crippen molar-refractivity contribution in [3.05, 3.63) is 17.8 Å². The van der Waals surface area contributed by atoms with Gasteiger partial charge in [-0.3, -0.25) is 0 Å². The largest absolute Gasteiger partial charge is 0.497 e. The predicted molar refractivity (Wildman–Crippen MR) is 72.3 cm³/mol. The van der Waals surface area contributed by atoms with E-state index in [0.29, 0.717) is 6.04 Å². The maximum atomic E-state index is 5.39. The Balaban J connectivity index is 1.91. The second-order valence-electron chi connectivity index (χ2n) is 5.18. The Kier molecular flexibility index (Phi) is 3.12. The molecule has 2 fully saturated rings. The lowest BCUT2D eigenvalue weighted by molar-refractivity contribution is 0.413. The summed E-state index contributed by atoms with van der Waals surface area (Å²) < 4.78 is 5.39. The molecule has 0 bridgehead atoms. The van der Waals surface area contributed by atoms with Crippen molar-refractivity contribution >= 4 is 5.82 Å². The minimum Gasteiger partial charge on any atom is -0.497 e. The molecular weight excluding hydrogens is 226 g/mol. The van der Waals surface area contributed by atoms with Gasteiger partial charge in [0.2, 0.25) is 0 Å². The third-order valence-electron chi connectivity index (χ3n) is 4.18. The number of pyridine rings is 1. The van der Waals surface area contributed by atoms with E-state index in [1.807, 2.05) is 6.07 Å². The minimum atomic E-state index is 0.620. The highest BCUT2D eigenvalue weighted by molar-refractivity contribution is 5.48. The molecule has 1 N–H and O–H groups in total. The first-order valence-corrected chi connectivity index (χ1v) is 6.84. The van der Waals surface area contributed by atoms with E-state index in [1.165, 1.54) is 6.42 Å². The molecule has 2 atom stereocenters. The van der Waals surface area contributed by atoms with Crippen molar-refractivity contribution in [1.29, 1.82) is 0 Å². The number of aromatic nitrogens is 1. The number of rotatable bonds is 3. The Labute approximate surface area is 108 Å². The lowest BCUT2D eigenvalue weighted by atomic mass is 10.1. The molecule has 1 aromatic rings. The molecule has 0 radical (unpaired) electrons. The first-order chi connectivity index (χ1) is 8.81. The molecular formula is C14H21N3O. The molecule has 0 aliphatic carbocycles. The summed E-state index contributed by atoms with van der Waals surface area (Å²) in [5, 5.41) is 3.48. The van der Waals surface area contributed by atoms with Gasteiger partial charge in [-0.2, -0.15) is 0 Å². The van der Waals surface area contributed by atoms with Gasteiger partial charge in [-0.25, -0.2) is 4.98 Å². The number of methoxy groups -OCH3 is 1. The molecule has 1 aromatic heterocycles. The van der Waals surface area contributed by atoms with Crippen molar-refractivity contribution in [3.63, 3.8) is 0 Å². The summed E-state index contributed by atoms with van der Waals surface area (Å²) in [5.41, 5.74) is 1.11. The van der Waals surface area contributed by atoms with Gasteiger partial charge in [-0.15, -0.1) is 0 Å². The quantitative estimate of drug-likeness (QED) is 0.877. The second kappa shape index (κ2) is 4.76. The van der Waals surface area contributed by atoms with Crippen molar-refractivity contribution in [3.8, 4) is 5.75 Å². The van der Waals surface area contributed by atoms with Gasteiger partial charge in [-0.1, -0.05) is 6.92 Å². The van der Waals surface area contributed by atoms with Crippen LogP contribution in [0, 0.1) is 5.92 Å². The van der Waals surface area contributed by atoms with Gasteiger partial charge in [0.15, 0.2) is 0 Å². The zero-order chi connectivity index (χ0) is 12.5. The molecule has 0 spiro atoms. The van der Waals surface area contributed by atoms with Crippen molar-refractivity contribution in [2.75, 3.05) is 31.6 Å². The highest BCUT2D eigenvalue weighted by Gasteiger charge is 2.38. The van der Waals surface area contributed by atoms with Crippen LogP contribution in [0.1, 0.15) is 19.0 Å². The SMILES string of the molecule is CCc1cc(OC)cc(N2CCC3CNCC32)n1. The highest BCUT2D eigenvalue weighted by Crippen LogP contribution is 2.32. The summed E-state index contributed by atoms with van der Waals surface area (Å²) in [5.74, 6) is 2.80. The van der Waals surface area contributed by atoms with Crippen LogP contribution >= 0.6 is 0 Å². The number of fused-ring (bicyclic) bond motifs is 1. The highest BCUT2D eigenvalue weighted by atomic mass is 16.5. The molecule has 2 saturated heterocycles. The molecule has 0 aromatic carbocycles. The van der Waals surface area contributed by atoms with E-state index >= 15 is 0 Å². The third-order valence-corrected chi connectivity index (χ3v) is 4.18. The van der Waals surface area contributed by atoms with Crippen LogP contribution in [0.3, 0.4) is 0 Å². The van der Waals surface area contributed by atoms with Crippen LogP contribution < -0.4 is 15.0 Å². The molecule has 0 amide bonds. The van der Waals surface area contributed by atoms with E-state index in [4.69, 9.17) is 9.72 Å². The number of anilines is 1. The zero-order valence-electron chi connectivity index (χ0n) is 11.1. The fraction of sp³-hybridized carbons (Fsp3) is 0.643. The van der Waals surface area contributed by atoms with Crippen LogP contribution in [0.4, 0.5) is 5.82 Å². The Hall–Kier alpha value is -1.29. The fourth-order valence-electron chi connectivity index (χ4n) is 3.12. The lowest BCUT2D eigenvalue weighted by Gasteiger charge is -2.25. The van der Waals surface area contributed by atoms with Gasteiger partial charge in [0.05, 0.1) is 7.11 Å². The van der Waals surface area contributed by atoms with E-state index in [-0.39, 0.29) is 0 Å². The number of ether oxygens (including phenoxy) is 1. The average Bonchev–Trinajstić information content (AvgIpc) is 3.00. The van der Waals surface area contributed by atoms with Crippen molar-refractivity contribution < 1.29 is 4.74 Å². The van der Waals surface area contributed by atoms with Gasteiger partial charge in [0, 0.05) is 43.5 Å². The summed E-state index contributed by atoms with van der Waals surface area (Å²) in [4.78, 5) is 7.21. The van der Waals surface area contributed by atoms with E-state index < -0.39 is 0 Å². The van der Waals surface area contributed by atoms with Crippen LogP contribution in [0.25, 0.3) is 0 Å². The van der Waals surface area contributed by atoms with E-state index in [0.717, 1.165) is 49.2 Å². The van der Waals surface area contributed by atoms with Gasteiger partial charge >= 0.3 is 0 Å². The molecule has 2 aliphatic rings. The Morgan fingerprint density at radius 1 is 1.44 bits per heavy atom. The molecule has 0 saturated carbocycles. The lowest BCUT2D eigenvalue weighted by Crippen LogP contribution is -2.34. The topological polar surface area (TPSA) is 37.4 Å². The maximum Gasteiger partial charge on any atom is 0.132 e.